The molecule has 2 aromatic carbocycles. The molecule has 0 saturated heterocycles. The fraction of sp³-hybridized carbons (Fsp3) is 0.250. The molecule has 112 valence electrons. The van der Waals surface area contributed by atoms with E-state index >= 15 is 0 Å². The summed E-state index contributed by atoms with van der Waals surface area (Å²) in [6, 6.07) is 10.1. The highest BCUT2D eigenvalue weighted by atomic mass is 19.1. The first kappa shape index (κ1) is 15.0. The minimum atomic E-state index is -0.431. The van der Waals surface area contributed by atoms with Gasteiger partial charge in [-0.2, -0.15) is 0 Å². The molecule has 0 heterocycles. The van der Waals surface area contributed by atoms with Gasteiger partial charge in [-0.15, -0.1) is 0 Å². The highest BCUT2D eigenvalue weighted by Gasteiger charge is 2.08. The van der Waals surface area contributed by atoms with Crippen LogP contribution in [0.1, 0.15) is 13.3 Å². The van der Waals surface area contributed by atoms with Crippen LogP contribution in [0.4, 0.5) is 21.5 Å². The molecule has 0 atom stereocenters. The van der Waals surface area contributed by atoms with Crippen LogP contribution in [-0.4, -0.2) is 13.7 Å². The number of methoxy groups -OCH3 is 1. The number of nitrogen functional groups attached to an aromatic ring is 1. The molecular formula is C16H19FN2O2. The van der Waals surface area contributed by atoms with Gasteiger partial charge >= 0.3 is 0 Å². The van der Waals surface area contributed by atoms with Gasteiger partial charge in [-0.1, -0.05) is 6.92 Å². The van der Waals surface area contributed by atoms with Crippen LogP contribution in [0, 0.1) is 5.82 Å². The SMILES string of the molecule is CCCOc1ccc(Nc2cc(OC)c(N)cc2F)cc1. The predicted molar refractivity (Wildman–Crippen MR) is 82.9 cm³/mol. The van der Waals surface area contributed by atoms with E-state index in [4.69, 9.17) is 15.2 Å². The van der Waals surface area contributed by atoms with Crippen LogP contribution in [0.15, 0.2) is 36.4 Å². The van der Waals surface area contributed by atoms with E-state index in [0.717, 1.165) is 17.9 Å². The number of nitrogens with two attached hydrogens (primary N) is 1. The number of anilines is 3. The smallest absolute Gasteiger partial charge is 0.148 e. The summed E-state index contributed by atoms with van der Waals surface area (Å²) in [6.45, 7) is 2.73. The van der Waals surface area contributed by atoms with Gasteiger partial charge in [-0.25, -0.2) is 4.39 Å². The molecule has 0 fully saturated rings. The second kappa shape index (κ2) is 6.83. The summed E-state index contributed by atoms with van der Waals surface area (Å²) < 4.78 is 24.5. The highest BCUT2D eigenvalue weighted by molar-refractivity contribution is 5.67. The third-order valence-electron chi connectivity index (χ3n) is 2.93. The van der Waals surface area contributed by atoms with Crippen molar-refractivity contribution in [2.75, 3.05) is 24.8 Å². The molecule has 0 amide bonds. The molecule has 0 bridgehead atoms. The van der Waals surface area contributed by atoms with E-state index < -0.39 is 5.82 Å². The van der Waals surface area contributed by atoms with E-state index in [2.05, 4.69) is 5.32 Å². The zero-order valence-corrected chi connectivity index (χ0v) is 12.2. The minimum absolute atomic E-state index is 0.267. The number of rotatable bonds is 6. The quantitative estimate of drug-likeness (QED) is 0.791. The third kappa shape index (κ3) is 3.78. The first-order chi connectivity index (χ1) is 10.1. The molecule has 4 nitrogen and oxygen atoms in total. The summed E-state index contributed by atoms with van der Waals surface area (Å²) in [4.78, 5) is 0. The lowest BCUT2D eigenvalue weighted by atomic mass is 10.2. The summed E-state index contributed by atoms with van der Waals surface area (Å²) >= 11 is 0. The third-order valence-corrected chi connectivity index (χ3v) is 2.93. The molecule has 2 rings (SSSR count). The van der Waals surface area contributed by atoms with Crippen molar-refractivity contribution in [3.05, 3.63) is 42.2 Å². The van der Waals surface area contributed by atoms with Crippen molar-refractivity contribution in [1.82, 2.24) is 0 Å². The molecular weight excluding hydrogens is 271 g/mol. The van der Waals surface area contributed by atoms with Crippen molar-refractivity contribution < 1.29 is 13.9 Å². The van der Waals surface area contributed by atoms with Crippen molar-refractivity contribution >= 4 is 17.1 Å². The van der Waals surface area contributed by atoms with Crippen molar-refractivity contribution in [2.24, 2.45) is 0 Å². The maximum atomic E-state index is 13.9. The van der Waals surface area contributed by atoms with Crippen molar-refractivity contribution in [2.45, 2.75) is 13.3 Å². The number of benzene rings is 2. The minimum Gasteiger partial charge on any atom is -0.495 e. The Labute approximate surface area is 123 Å². The topological polar surface area (TPSA) is 56.5 Å². The Bertz CT molecular complexity index is 600. The van der Waals surface area contributed by atoms with Gasteiger partial charge in [0.15, 0.2) is 0 Å². The van der Waals surface area contributed by atoms with Gasteiger partial charge in [-0.05, 0) is 30.7 Å². The van der Waals surface area contributed by atoms with Crippen LogP contribution in [0.3, 0.4) is 0 Å². The molecule has 3 N–H and O–H groups in total. The molecule has 0 aliphatic carbocycles. The summed E-state index contributed by atoms with van der Waals surface area (Å²) in [5.74, 6) is 0.791. The molecule has 0 radical (unpaired) electrons. The Balaban J connectivity index is 2.14. The van der Waals surface area contributed by atoms with E-state index in [1.807, 2.05) is 31.2 Å². The Morgan fingerprint density at radius 3 is 2.52 bits per heavy atom. The van der Waals surface area contributed by atoms with Crippen LogP contribution >= 0.6 is 0 Å². The molecule has 0 aromatic heterocycles. The lowest BCUT2D eigenvalue weighted by Gasteiger charge is -2.12. The molecule has 0 spiro atoms. The fourth-order valence-corrected chi connectivity index (χ4v) is 1.85. The van der Waals surface area contributed by atoms with Gasteiger partial charge in [0.1, 0.15) is 17.3 Å². The summed E-state index contributed by atoms with van der Waals surface area (Å²) in [5, 5.41) is 2.99. The van der Waals surface area contributed by atoms with E-state index in [1.54, 1.807) is 0 Å². The lowest BCUT2D eigenvalue weighted by molar-refractivity contribution is 0.317. The van der Waals surface area contributed by atoms with Crippen LogP contribution in [0.2, 0.25) is 0 Å². The van der Waals surface area contributed by atoms with Crippen LogP contribution < -0.4 is 20.5 Å². The Hall–Kier alpha value is -2.43. The Morgan fingerprint density at radius 1 is 1.19 bits per heavy atom. The van der Waals surface area contributed by atoms with Crippen LogP contribution in [0.5, 0.6) is 11.5 Å². The molecule has 0 aliphatic heterocycles. The van der Waals surface area contributed by atoms with E-state index in [-0.39, 0.29) is 5.69 Å². The lowest BCUT2D eigenvalue weighted by Crippen LogP contribution is -1.99. The normalized spacial score (nSPS) is 10.2. The maximum Gasteiger partial charge on any atom is 0.148 e. The maximum absolute atomic E-state index is 13.9. The summed E-state index contributed by atoms with van der Waals surface area (Å²) in [6.07, 6.45) is 0.955. The summed E-state index contributed by atoms with van der Waals surface area (Å²) in [7, 11) is 1.49. The van der Waals surface area contributed by atoms with E-state index in [0.29, 0.717) is 18.0 Å². The number of halogens is 1. The number of ether oxygens (including phenoxy) is 2. The van der Waals surface area contributed by atoms with Gasteiger partial charge in [0.2, 0.25) is 0 Å². The zero-order chi connectivity index (χ0) is 15.2. The number of hydrogen-bond donors (Lipinski definition) is 2. The summed E-state index contributed by atoms with van der Waals surface area (Å²) in [5.41, 5.74) is 6.98. The van der Waals surface area contributed by atoms with Gasteiger partial charge in [-0.3, -0.25) is 0 Å². The predicted octanol–water partition coefficient (Wildman–Crippen LogP) is 3.95. The second-order valence-electron chi connectivity index (χ2n) is 4.57. The van der Waals surface area contributed by atoms with Crippen molar-refractivity contribution in [3.8, 4) is 11.5 Å². The fourth-order valence-electron chi connectivity index (χ4n) is 1.85. The number of nitrogens with one attached hydrogen (secondary N) is 1. The molecule has 0 saturated carbocycles. The Morgan fingerprint density at radius 2 is 1.90 bits per heavy atom. The Kier molecular flexibility index (Phi) is 4.87. The van der Waals surface area contributed by atoms with Crippen LogP contribution in [0.25, 0.3) is 0 Å². The first-order valence-electron chi connectivity index (χ1n) is 6.77. The van der Waals surface area contributed by atoms with Gasteiger partial charge in [0.25, 0.3) is 0 Å². The average molecular weight is 290 g/mol. The van der Waals surface area contributed by atoms with Gasteiger partial charge < -0.3 is 20.5 Å². The van der Waals surface area contributed by atoms with Crippen molar-refractivity contribution in [1.29, 1.82) is 0 Å². The van der Waals surface area contributed by atoms with E-state index in [9.17, 15) is 4.39 Å². The zero-order valence-electron chi connectivity index (χ0n) is 12.2. The van der Waals surface area contributed by atoms with Gasteiger partial charge in [0.05, 0.1) is 25.1 Å². The van der Waals surface area contributed by atoms with Gasteiger partial charge in [0, 0.05) is 17.8 Å². The van der Waals surface area contributed by atoms with E-state index in [1.165, 1.54) is 19.2 Å². The first-order valence-corrected chi connectivity index (χ1v) is 6.77. The average Bonchev–Trinajstić information content (AvgIpc) is 2.49. The van der Waals surface area contributed by atoms with Crippen LogP contribution in [-0.2, 0) is 0 Å². The van der Waals surface area contributed by atoms with Crippen molar-refractivity contribution in [3.63, 3.8) is 0 Å². The molecule has 0 aliphatic rings. The highest BCUT2D eigenvalue weighted by Crippen LogP contribution is 2.30. The molecule has 2 aromatic rings. The largest absolute Gasteiger partial charge is 0.495 e. The standard InChI is InChI=1S/C16H19FN2O2/c1-3-8-21-12-6-4-11(5-7-12)19-15-10-16(20-2)14(18)9-13(15)17/h4-7,9-10,19H,3,8,18H2,1-2H3. The number of hydrogen-bond acceptors (Lipinski definition) is 4. The monoisotopic (exact) mass is 290 g/mol. The molecule has 0 unspecified atom stereocenters. The second-order valence-corrected chi connectivity index (χ2v) is 4.57. The molecule has 21 heavy (non-hydrogen) atoms. The molecule has 5 heteroatoms.